The van der Waals surface area contributed by atoms with Crippen molar-refractivity contribution >= 4 is 15.9 Å². The first-order chi connectivity index (χ1) is 15.7. The number of fused-ring (bicyclic) bond motifs is 2. The van der Waals surface area contributed by atoms with E-state index >= 15 is 0 Å². The van der Waals surface area contributed by atoms with Gasteiger partial charge in [-0.3, -0.25) is 0 Å². The number of carbonyl (C=O) groups is 1. The zero-order chi connectivity index (χ0) is 25.1. The molecule has 3 heterocycles. The topological polar surface area (TPSA) is 76.6 Å². The van der Waals surface area contributed by atoms with Crippen LogP contribution in [0.2, 0.25) is 0 Å². The molecule has 0 spiro atoms. The highest BCUT2D eigenvalue weighted by molar-refractivity contribution is 7.92. The van der Waals surface area contributed by atoms with Crippen LogP contribution in [0.4, 0.5) is 22.4 Å². The molecule has 0 aliphatic carbocycles. The summed E-state index contributed by atoms with van der Waals surface area (Å²) >= 11 is 0. The highest BCUT2D eigenvalue weighted by Crippen LogP contribution is 2.47. The molecule has 1 aromatic heterocycles. The van der Waals surface area contributed by atoms with Gasteiger partial charge in [-0.15, -0.1) is 0 Å². The van der Waals surface area contributed by atoms with Gasteiger partial charge in [-0.1, -0.05) is 12.1 Å². The maximum Gasteiger partial charge on any atom is 0.501 e. The maximum atomic E-state index is 14.6. The van der Waals surface area contributed by atoms with Crippen LogP contribution in [-0.2, 0) is 14.6 Å². The molecule has 3 unspecified atom stereocenters. The summed E-state index contributed by atoms with van der Waals surface area (Å²) in [6, 6.07) is 5.28. The lowest BCUT2D eigenvalue weighted by Crippen LogP contribution is -2.40. The highest BCUT2D eigenvalue weighted by atomic mass is 32.2. The standard InChI is InChI=1S/C23H24F4N2O4S/c1-22(2,3)33-21(30)29-15-6-9-19(29)17(11-15)14-10-18(20(24)28-12-14)13-4-7-16(8-5-13)34(31,32)23(25,26)27/h4-5,7-8,10,12,15,17,19H,6,9,11H2,1-3H3. The van der Waals surface area contributed by atoms with Crippen LogP contribution in [0.1, 0.15) is 51.5 Å². The first-order valence-corrected chi connectivity index (χ1v) is 12.3. The average Bonchev–Trinajstić information content (AvgIpc) is 3.31. The number of hydrogen-bond donors (Lipinski definition) is 0. The minimum Gasteiger partial charge on any atom is -0.444 e. The Bertz CT molecular complexity index is 1210. The van der Waals surface area contributed by atoms with Crippen LogP contribution in [0.15, 0.2) is 41.4 Å². The van der Waals surface area contributed by atoms with Crippen LogP contribution in [0.3, 0.4) is 0 Å². The fourth-order valence-corrected chi connectivity index (χ4v) is 5.52. The predicted molar refractivity (Wildman–Crippen MR) is 115 cm³/mol. The van der Waals surface area contributed by atoms with Crippen molar-refractivity contribution in [1.29, 1.82) is 0 Å². The van der Waals surface area contributed by atoms with Crippen molar-refractivity contribution in [1.82, 2.24) is 9.88 Å². The lowest BCUT2D eigenvalue weighted by atomic mass is 9.84. The van der Waals surface area contributed by atoms with Crippen LogP contribution in [0, 0.1) is 5.95 Å². The Morgan fingerprint density at radius 1 is 1.12 bits per heavy atom. The number of aromatic nitrogens is 1. The number of benzene rings is 1. The summed E-state index contributed by atoms with van der Waals surface area (Å²) in [5, 5.41) is 0. The molecule has 184 valence electrons. The number of pyridine rings is 1. The Balaban J connectivity index is 1.61. The van der Waals surface area contributed by atoms with Gasteiger partial charge in [0.2, 0.25) is 5.95 Å². The normalized spacial score (nSPS) is 22.8. The van der Waals surface area contributed by atoms with Crippen LogP contribution in [0.5, 0.6) is 0 Å². The summed E-state index contributed by atoms with van der Waals surface area (Å²) in [6.07, 6.45) is 3.29. The number of amides is 1. The van der Waals surface area contributed by atoms with Gasteiger partial charge in [-0.25, -0.2) is 18.2 Å². The number of hydrogen-bond acceptors (Lipinski definition) is 5. The molecular weight excluding hydrogens is 476 g/mol. The van der Waals surface area contributed by atoms with E-state index in [9.17, 15) is 30.8 Å². The van der Waals surface area contributed by atoms with Crippen molar-refractivity contribution in [3.63, 3.8) is 0 Å². The molecule has 3 atom stereocenters. The largest absolute Gasteiger partial charge is 0.501 e. The Labute approximate surface area is 194 Å². The van der Waals surface area contributed by atoms with Crippen molar-refractivity contribution < 1.29 is 35.5 Å². The lowest BCUT2D eigenvalue weighted by Gasteiger charge is -2.28. The number of carbonyl (C=O) groups excluding carboxylic acids is 1. The third-order valence-electron chi connectivity index (χ3n) is 6.21. The van der Waals surface area contributed by atoms with E-state index in [1.54, 1.807) is 31.7 Å². The number of alkyl halides is 3. The lowest BCUT2D eigenvalue weighted by molar-refractivity contribution is -0.0436. The molecule has 2 aromatic rings. The van der Waals surface area contributed by atoms with E-state index in [-0.39, 0.29) is 35.2 Å². The smallest absolute Gasteiger partial charge is 0.444 e. The zero-order valence-electron chi connectivity index (χ0n) is 18.8. The average molecular weight is 501 g/mol. The van der Waals surface area contributed by atoms with E-state index in [0.717, 1.165) is 37.1 Å². The molecular formula is C23H24F4N2O4S. The molecule has 0 radical (unpaired) electrons. The molecule has 2 aliphatic rings. The van der Waals surface area contributed by atoms with Gasteiger partial charge in [0, 0.05) is 29.8 Å². The molecule has 34 heavy (non-hydrogen) atoms. The van der Waals surface area contributed by atoms with Gasteiger partial charge >= 0.3 is 11.6 Å². The van der Waals surface area contributed by atoms with Crippen LogP contribution < -0.4 is 0 Å². The first-order valence-electron chi connectivity index (χ1n) is 10.8. The molecule has 1 aromatic carbocycles. The van der Waals surface area contributed by atoms with Crippen molar-refractivity contribution in [2.75, 3.05) is 0 Å². The molecule has 1 amide bonds. The molecule has 6 nitrogen and oxygen atoms in total. The van der Waals surface area contributed by atoms with Gasteiger partial charge in [0.1, 0.15) is 5.60 Å². The van der Waals surface area contributed by atoms with Gasteiger partial charge in [0.25, 0.3) is 9.84 Å². The quantitative estimate of drug-likeness (QED) is 0.415. The Hall–Kier alpha value is -2.69. The molecule has 11 heteroatoms. The van der Waals surface area contributed by atoms with E-state index in [1.165, 1.54) is 6.20 Å². The molecule has 0 N–H and O–H groups in total. The van der Waals surface area contributed by atoms with Crippen molar-refractivity contribution in [2.45, 2.75) is 74.0 Å². The summed E-state index contributed by atoms with van der Waals surface area (Å²) in [5.74, 6) is -0.926. The van der Waals surface area contributed by atoms with E-state index < -0.39 is 31.8 Å². The number of ether oxygens (including phenoxy) is 1. The van der Waals surface area contributed by atoms with Crippen molar-refractivity contribution in [3.8, 4) is 11.1 Å². The third-order valence-corrected chi connectivity index (χ3v) is 7.71. The third kappa shape index (κ3) is 4.37. The fraction of sp³-hybridized carbons (Fsp3) is 0.478. The molecule has 2 aliphatic heterocycles. The Morgan fingerprint density at radius 3 is 2.35 bits per heavy atom. The van der Waals surface area contributed by atoms with E-state index in [1.807, 2.05) is 0 Å². The maximum absolute atomic E-state index is 14.6. The second-order valence-corrected chi connectivity index (χ2v) is 11.6. The van der Waals surface area contributed by atoms with E-state index in [4.69, 9.17) is 4.74 Å². The summed E-state index contributed by atoms with van der Waals surface area (Å²) in [6.45, 7) is 5.38. The second-order valence-electron chi connectivity index (χ2n) is 9.61. The Morgan fingerprint density at radius 2 is 1.76 bits per heavy atom. The van der Waals surface area contributed by atoms with Crippen molar-refractivity contribution in [2.24, 2.45) is 0 Å². The second kappa shape index (κ2) is 8.21. The monoisotopic (exact) mass is 500 g/mol. The van der Waals surface area contributed by atoms with Crippen molar-refractivity contribution in [3.05, 3.63) is 48.0 Å². The molecule has 4 rings (SSSR count). The summed E-state index contributed by atoms with van der Waals surface area (Å²) < 4.78 is 81.6. The number of nitrogens with zero attached hydrogens (tertiary/aromatic N) is 2. The van der Waals surface area contributed by atoms with Gasteiger partial charge in [-0.2, -0.15) is 17.6 Å². The van der Waals surface area contributed by atoms with Gasteiger partial charge in [-0.05, 0) is 69.4 Å². The first kappa shape index (κ1) is 24.4. The number of halogens is 4. The summed E-state index contributed by atoms with van der Waals surface area (Å²) in [7, 11) is -5.50. The highest BCUT2D eigenvalue weighted by Gasteiger charge is 2.50. The molecule has 2 fully saturated rings. The molecule has 0 saturated carbocycles. The summed E-state index contributed by atoms with van der Waals surface area (Å²) in [4.78, 5) is 17.4. The van der Waals surface area contributed by atoms with Crippen LogP contribution in [0.25, 0.3) is 11.1 Å². The predicted octanol–water partition coefficient (Wildman–Crippen LogP) is 5.44. The number of sulfone groups is 1. The summed E-state index contributed by atoms with van der Waals surface area (Å²) in [5.41, 5.74) is -5.13. The zero-order valence-corrected chi connectivity index (χ0v) is 19.6. The van der Waals surface area contributed by atoms with E-state index in [2.05, 4.69) is 4.98 Å². The molecule has 2 bridgehead atoms. The van der Waals surface area contributed by atoms with E-state index in [0.29, 0.717) is 12.0 Å². The van der Waals surface area contributed by atoms with Gasteiger partial charge in [0.15, 0.2) is 0 Å². The minimum absolute atomic E-state index is 0.00483. The fourth-order valence-electron chi connectivity index (χ4n) is 4.76. The minimum atomic E-state index is -5.50. The van der Waals surface area contributed by atoms with Crippen LogP contribution in [-0.4, -0.2) is 47.6 Å². The van der Waals surface area contributed by atoms with Gasteiger partial charge in [0.05, 0.1) is 4.90 Å². The Kier molecular flexibility index (Phi) is 5.90. The van der Waals surface area contributed by atoms with Gasteiger partial charge < -0.3 is 9.64 Å². The van der Waals surface area contributed by atoms with Crippen LogP contribution >= 0.6 is 0 Å². The molecule has 2 saturated heterocycles. The number of rotatable bonds is 3. The SMILES string of the molecule is CC(C)(C)OC(=O)N1C2CCC1C(c1cnc(F)c(-c3ccc(S(=O)(=O)C(F)(F)F)cc3)c1)C2.